The predicted molar refractivity (Wildman–Crippen MR) is 76.0 cm³/mol. The number of benzene rings is 1. The summed E-state index contributed by atoms with van der Waals surface area (Å²) in [6.45, 7) is 3.81. The number of hydrogen-bond acceptors (Lipinski definition) is 2. The fraction of sp³-hybridized carbons (Fsp3) is 0.562. The zero-order valence-corrected chi connectivity index (χ0v) is 11.8. The molecular formula is C16H21FN2O. The third kappa shape index (κ3) is 2.57. The highest BCUT2D eigenvalue weighted by atomic mass is 19.1. The van der Waals surface area contributed by atoms with Gasteiger partial charge in [0.1, 0.15) is 5.82 Å². The first kappa shape index (κ1) is 13.6. The van der Waals surface area contributed by atoms with Crippen molar-refractivity contribution >= 4 is 5.91 Å². The molecule has 0 bridgehead atoms. The lowest BCUT2D eigenvalue weighted by molar-refractivity contribution is -0.133. The fourth-order valence-corrected chi connectivity index (χ4v) is 3.41. The Bertz CT molecular complexity index is 482. The van der Waals surface area contributed by atoms with Crippen LogP contribution in [0.2, 0.25) is 0 Å². The second-order valence-electron chi connectivity index (χ2n) is 5.97. The zero-order valence-electron chi connectivity index (χ0n) is 11.8. The number of amides is 1. The number of rotatable bonds is 2. The van der Waals surface area contributed by atoms with Gasteiger partial charge in [0.25, 0.3) is 0 Å². The molecule has 20 heavy (non-hydrogen) atoms. The number of carbonyl (C=O) groups excluding carboxylic acids is 1. The molecule has 4 heteroatoms. The minimum absolute atomic E-state index is 0.00409. The minimum Gasteiger partial charge on any atom is -0.338 e. The Kier molecular flexibility index (Phi) is 3.74. The van der Waals surface area contributed by atoms with E-state index in [1.165, 1.54) is 12.1 Å². The SMILES string of the molecule is CC1CC(c2ccc(F)cc2)CN1C(=O)C1CCCN1. The van der Waals surface area contributed by atoms with Gasteiger partial charge in [0.05, 0.1) is 6.04 Å². The van der Waals surface area contributed by atoms with Gasteiger partial charge in [-0.2, -0.15) is 0 Å². The largest absolute Gasteiger partial charge is 0.338 e. The van der Waals surface area contributed by atoms with Crippen LogP contribution in [0.5, 0.6) is 0 Å². The van der Waals surface area contributed by atoms with Gasteiger partial charge < -0.3 is 10.2 Å². The van der Waals surface area contributed by atoms with Crippen LogP contribution in [0.3, 0.4) is 0 Å². The Balaban J connectivity index is 1.69. The van der Waals surface area contributed by atoms with Crippen molar-refractivity contribution in [3.8, 4) is 0 Å². The van der Waals surface area contributed by atoms with Gasteiger partial charge >= 0.3 is 0 Å². The maximum Gasteiger partial charge on any atom is 0.239 e. The lowest BCUT2D eigenvalue weighted by Crippen LogP contribution is -2.45. The molecule has 1 amide bonds. The van der Waals surface area contributed by atoms with Crippen LogP contribution in [0, 0.1) is 5.82 Å². The van der Waals surface area contributed by atoms with Crippen LogP contribution in [-0.2, 0) is 4.79 Å². The molecule has 1 aromatic rings. The molecule has 2 saturated heterocycles. The summed E-state index contributed by atoms with van der Waals surface area (Å²) in [5.41, 5.74) is 1.13. The summed E-state index contributed by atoms with van der Waals surface area (Å²) in [6, 6.07) is 6.96. The summed E-state index contributed by atoms with van der Waals surface area (Å²) < 4.78 is 13.0. The Morgan fingerprint density at radius 1 is 1.35 bits per heavy atom. The van der Waals surface area contributed by atoms with Gasteiger partial charge in [0, 0.05) is 18.5 Å². The van der Waals surface area contributed by atoms with E-state index in [0.29, 0.717) is 5.92 Å². The monoisotopic (exact) mass is 276 g/mol. The van der Waals surface area contributed by atoms with Gasteiger partial charge in [-0.1, -0.05) is 12.1 Å². The normalized spacial score (nSPS) is 29.9. The lowest BCUT2D eigenvalue weighted by atomic mass is 9.97. The maximum absolute atomic E-state index is 13.0. The third-order valence-corrected chi connectivity index (χ3v) is 4.56. The highest BCUT2D eigenvalue weighted by molar-refractivity contribution is 5.82. The first-order chi connectivity index (χ1) is 9.65. The topological polar surface area (TPSA) is 32.3 Å². The van der Waals surface area contributed by atoms with E-state index in [1.807, 2.05) is 17.0 Å². The van der Waals surface area contributed by atoms with Crippen LogP contribution in [0.25, 0.3) is 0 Å². The van der Waals surface area contributed by atoms with Crippen molar-refractivity contribution < 1.29 is 9.18 Å². The van der Waals surface area contributed by atoms with Crippen LogP contribution >= 0.6 is 0 Å². The Morgan fingerprint density at radius 3 is 2.75 bits per heavy atom. The molecule has 0 radical (unpaired) electrons. The van der Waals surface area contributed by atoms with Gasteiger partial charge in [0.15, 0.2) is 0 Å². The fourth-order valence-electron chi connectivity index (χ4n) is 3.41. The minimum atomic E-state index is -0.206. The summed E-state index contributed by atoms with van der Waals surface area (Å²) in [5.74, 6) is 0.360. The van der Waals surface area contributed by atoms with Crippen molar-refractivity contribution in [3.05, 3.63) is 35.6 Å². The van der Waals surface area contributed by atoms with E-state index in [-0.39, 0.29) is 23.8 Å². The number of halogens is 1. The van der Waals surface area contributed by atoms with Gasteiger partial charge in [0.2, 0.25) is 5.91 Å². The van der Waals surface area contributed by atoms with Crippen molar-refractivity contribution in [1.82, 2.24) is 10.2 Å². The molecule has 1 N–H and O–H groups in total. The standard InChI is InChI=1S/C16H21FN2O/c1-11-9-13(12-4-6-14(17)7-5-12)10-19(11)16(20)15-3-2-8-18-15/h4-7,11,13,15,18H,2-3,8-10H2,1H3. The lowest BCUT2D eigenvalue weighted by Gasteiger charge is -2.25. The average molecular weight is 276 g/mol. The van der Waals surface area contributed by atoms with Crippen molar-refractivity contribution in [3.63, 3.8) is 0 Å². The predicted octanol–water partition coefficient (Wildman–Crippen LogP) is 2.28. The van der Waals surface area contributed by atoms with E-state index in [9.17, 15) is 9.18 Å². The Morgan fingerprint density at radius 2 is 2.10 bits per heavy atom. The summed E-state index contributed by atoms with van der Waals surface area (Å²) in [6.07, 6.45) is 2.99. The molecular weight excluding hydrogens is 255 g/mol. The molecule has 3 nitrogen and oxygen atoms in total. The first-order valence-electron chi connectivity index (χ1n) is 7.44. The maximum atomic E-state index is 13.0. The van der Waals surface area contributed by atoms with Gasteiger partial charge in [-0.05, 0) is 50.4 Å². The molecule has 2 aliphatic heterocycles. The van der Waals surface area contributed by atoms with Crippen molar-refractivity contribution in [1.29, 1.82) is 0 Å². The van der Waals surface area contributed by atoms with Crippen LogP contribution in [0.4, 0.5) is 4.39 Å². The molecule has 1 aromatic carbocycles. The quantitative estimate of drug-likeness (QED) is 0.899. The van der Waals surface area contributed by atoms with E-state index < -0.39 is 0 Å². The number of likely N-dealkylation sites (tertiary alicyclic amines) is 1. The van der Waals surface area contributed by atoms with E-state index in [1.54, 1.807) is 0 Å². The highest BCUT2D eigenvalue weighted by Crippen LogP contribution is 2.32. The van der Waals surface area contributed by atoms with Gasteiger partial charge in [-0.25, -0.2) is 4.39 Å². The summed E-state index contributed by atoms with van der Waals surface area (Å²) in [5, 5.41) is 3.28. The van der Waals surface area contributed by atoms with Crippen LogP contribution in [-0.4, -0.2) is 36.0 Å². The molecule has 0 aromatic heterocycles. The van der Waals surface area contributed by atoms with E-state index in [0.717, 1.165) is 37.9 Å². The van der Waals surface area contributed by atoms with Crippen molar-refractivity contribution in [2.45, 2.75) is 44.2 Å². The third-order valence-electron chi connectivity index (χ3n) is 4.56. The van der Waals surface area contributed by atoms with E-state index in [4.69, 9.17) is 0 Å². The number of nitrogens with one attached hydrogen (secondary N) is 1. The zero-order chi connectivity index (χ0) is 14.1. The van der Waals surface area contributed by atoms with Crippen LogP contribution in [0.15, 0.2) is 24.3 Å². The number of nitrogens with zero attached hydrogens (tertiary/aromatic N) is 1. The molecule has 2 aliphatic rings. The van der Waals surface area contributed by atoms with Gasteiger partial charge in [-0.3, -0.25) is 4.79 Å². The van der Waals surface area contributed by atoms with E-state index >= 15 is 0 Å². The van der Waals surface area contributed by atoms with Gasteiger partial charge in [-0.15, -0.1) is 0 Å². The summed E-state index contributed by atoms with van der Waals surface area (Å²) >= 11 is 0. The van der Waals surface area contributed by atoms with Crippen molar-refractivity contribution in [2.24, 2.45) is 0 Å². The van der Waals surface area contributed by atoms with Crippen molar-refractivity contribution in [2.75, 3.05) is 13.1 Å². The Hall–Kier alpha value is -1.42. The molecule has 0 spiro atoms. The van der Waals surface area contributed by atoms with Crippen LogP contribution in [0.1, 0.15) is 37.7 Å². The molecule has 108 valence electrons. The molecule has 0 aliphatic carbocycles. The first-order valence-corrected chi connectivity index (χ1v) is 7.44. The smallest absolute Gasteiger partial charge is 0.239 e. The highest BCUT2D eigenvalue weighted by Gasteiger charge is 2.36. The Labute approximate surface area is 119 Å². The molecule has 3 rings (SSSR count). The molecule has 3 unspecified atom stereocenters. The molecule has 2 fully saturated rings. The molecule has 3 atom stereocenters. The summed E-state index contributed by atoms with van der Waals surface area (Å²) in [4.78, 5) is 14.5. The van der Waals surface area contributed by atoms with E-state index in [2.05, 4.69) is 12.2 Å². The average Bonchev–Trinajstić information content (AvgIpc) is 3.08. The summed E-state index contributed by atoms with van der Waals surface area (Å²) in [7, 11) is 0. The van der Waals surface area contributed by atoms with Crippen LogP contribution < -0.4 is 5.32 Å². The molecule has 2 heterocycles. The second-order valence-corrected chi connectivity index (χ2v) is 5.97. The second kappa shape index (κ2) is 5.52. The molecule has 0 saturated carbocycles. The number of hydrogen-bond donors (Lipinski definition) is 1. The number of carbonyl (C=O) groups is 1.